The summed E-state index contributed by atoms with van der Waals surface area (Å²) in [6.07, 6.45) is 1.23. The van der Waals surface area contributed by atoms with Crippen LogP contribution in [-0.4, -0.2) is 66.5 Å². The molecule has 0 bridgehead atoms. The lowest BCUT2D eigenvalue weighted by Gasteiger charge is -2.35. The highest BCUT2D eigenvalue weighted by molar-refractivity contribution is 7.27. The molecular weight excluding hydrogens is 394 g/mol. The largest absolute Gasteiger partial charge is 0.364 e. The summed E-state index contributed by atoms with van der Waals surface area (Å²) in [5.41, 5.74) is 5.61. The van der Waals surface area contributed by atoms with Gasteiger partial charge < -0.3 is 20.3 Å². The molecule has 0 aromatic carbocycles. The molecule has 0 saturated carbocycles. The number of rotatable bonds is 3. The van der Waals surface area contributed by atoms with Crippen LogP contribution in [-0.2, 0) is 9.53 Å². The van der Waals surface area contributed by atoms with Gasteiger partial charge in [0.15, 0.2) is 0 Å². The van der Waals surface area contributed by atoms with Crippen molar-refractivity contribution >= 4 is 56.3 Å². The molecule has 2 fully saturated rings. The van der Waals surface area contributed by atoms with Crippen LogP contribution in [0.5, 0.6) is 0 Å². The molecule has 2 amide bonds. The molecule has 2 saturated heterocycles. The lowest BCUT2D eigenvalue weighted by Crippen LogP contribution is -2.52. The molecule has 2 atom stereocenters. The smallest absolute Gasteiger partial charge is 0.264 e. The van der Waals surface area contributed by atoms with Crippen molar-refractivity contribution in [1.29, 1.82) is 0 Å². The van der Waals surface area contributed by atoms with Crippen LogP contribution >= 0.6 is 35.1 Å². The molecule has 2 aromatic heterocycles. The topological polar surface area (TPSA) is 75.9 Å². The molecule has 0 spiro atoms. The number of halogens is 1. The van der Waals surface area contributed by atoms with Gasteiger partial charge in [-0.1, -0.05) is 0 Å². The maximum absolute atomic E-state index is 12.7. The first-order valence-corrected chi connectivity index (χ1v) is 10.3. The summed E-state index contributed by atoms with van der Waals surface area (Å²) in [5.74, 6) is 0.112. The number of ether oxygens (including phenoxy) is 1. The normalized spacial score (nSPS) is 23.3. The van der Waals surface area contributed by atoms with Crippen LogP contribution < -0.4 is 5.73 Å². The molecular formula is C17H22ClN3O3S2. The van der Waals surface area contributed by atoms with Crippen LogP contribution in [0.3, 0.4) is 0 Å². The molecule has 9 heteroatoms. The van der Waals surface area contributed by atoms with Crippen LogP contribution in [0.15, 0.2) is 17.5 Å². The minimum absolute atomic E-state index is 0. The van der Waals surface area contributed by atoms with Crippen molar-refractivity contribution in [3.8, 4) is 0 Å². The van der Waals surface area contributed by atoms with E-state index >= 15 is 0 Å². The molecule has 0 radical (unpaired) electrons. The maximum atomic E-state index is 12.7. The second-order valence-corrected chi connectivity index (χ2v) is 8.47. The zero-order chi connectivity index (χ0) is 17.4. The fourth-order valence-electron chi connectivity index (χ4n) is 3.42. The van der Waals surface area contributed by atoms with Gasteiger partial charge in [-0.2, -0.15) is 0 Å². The number of amides is 2. The number of piperazine rings is 1. The van der Waals surface area contributed by atoms with Gasteiger partial charge in [-0.25, -0.2) is 0 Å². The van der Waals surface area contributed by atoms with E-state index in [4.69, 9.17) is 10.5 Å². The van der Waals surface area contributed by atoms with E-state index in [0.29, 0.717) is 32.7 Å². The lowest BCUT2D eigenvalue weighted by molar-refractivity contribution is -0.144. The van der Waals surface area contributed by atoms with Crippen molar-refractivity contribution in [2.75, 3.05) is 32.7 Å². The molecule has 6 nitrogen and oxygen atoms in total. The number of hydrogen-bond donors (Lipinski definition) is 1. The summed E-state index contributed by atoms with van der Waals surface area (Å²) in [7, 11) is 0. The van der Waals surface area contributed by atoms with Crippen molar-refractivity contribution in [2.45, 2.75) is 25.0 Å². The first-order valence-electron chi connectivity index (χ1n) is 8.56. The Kier molecular flexibility index (Phi) is 6.19. The predicted octanol–water partition coefficient (Wildman–Crippen LogP) is 2.18. The molecule has 26 heavy (non-hydrogen) atoms. The highest BCUT2D eigenvalue weighted by Gasteiger charge is 2.34. The van der Waals surface area contributed by atoms with E-state index in [0.717, 1.165) is 27.1 Å². The Morgan fingerprint density at radius 1 is 1.15 bits per heavy atom. The molecule has 2 aliphatic heterocycles. The van der Waals surface area contributed by atoms with Crippen molar-refractivity contribution in [2.24, 2.45) is 5.73 Å². The second-order valence-electron chi connectivity index (χ2n) is 6.44. The number of nitrogens with two attached hydrogens (primary N) is 1. The summed E-state index contributed by atoms with van der Waals surface area (Å²) in [6, 6.07) is 4.03. The van der Waals surface area contributed by atoms with E-state index < -0.39 is 0 Å². The second kappa shape index (κ2) is 8.22. The summed E-state index contributed by atoms with van der Waals surface area (Å²) < 4.78 is 8.02. The summed E-state index contributed by atoms with van der Waals surface area (Å²) in [5, 5.41) is 2.04. The monoisotopic (exact) mass is 415 g/mol. The van der Waals surface area contributed by atoms with E-state index in [9.17, 15) is 9.59 Å². The minimum atomic E-state index is -0.361. The van der Waals surface area contributed by atoms with Crippen molar-refractivity contribution in [3.05, 3.63) is 22.4 Å². The van der Waals surface area contributed by atoms with Gasteiger partial charge >= 0.3 is 0 Å². The average molecular weight is 416 g/mol. The van der Waals surface area contributed by atoms with Gasteiger partial charge in [-0.15, -0.1) is 35.1 Å². The lowest BCUT2D eigenvalue weighted by atomic mass is 10.1. The Bertz CT molecular complexity index is 757. The molecule has 4 heterocycles. The van der Waals surface area contributed by atoms with Gasteiger partial charge in [0.2, 0.25) is 0 Å². The van der Waals surface area contributed by atoms with E-state index in [2.05, 4.69) is 0 Å². The highest BCUT2D eigenvalue weighted by atomic mass is 35.5. The summed E-state index contributed by atoms with van der Waals surface area (Å²) >= 11 is 3.20. The van der Waals surface area contributed by atoms with Gasteiger partial charge in [0.25, 0.3) is 11.8 Å². The number of fused-ring (bicyclic) bond motifs is 1. The molecule has 2 aromatic rings. The van der Waals surface area contributed by atoms with Crippen molar-refractivity contribution in [3.63, 3.8) is 0 Å². The summed E-state index contributed by atoms with van der Waals surface area (Å²) in [6.45, 7) is 2.74. The standard InChI is InChI=1S/C17H21N3O3S2.ClH/c18-10-11-1-2-12(23-11)16(21)19-4-6-20(7-5-19)17(22)15-9-14-13(25-15)3-8-24-14;/h3,8-9,11-12H,1-2,4-7,10,18H2;1H/t11-,12+;/m1./s1. The van der Waals surface area contributed by atoms with E-state index in [-0.39, 0.29) is 36.4 Å². The molecule has 2 aliphatic rings. The SMILES string of the molecule is Cl.NC[C@H]1CC[C@@H](C(=O)N2CCN(C(=O)c3cc4sccc4s3)CC2)O1. The van der Waals surface area contributed by atoms with Crippen LogP contribution in [0, 0.1) is 0 Å². The Morgan fingerprint density at radius 2 is 1.88 bits per heavy atom. The van der Waals surface area contributed by atoms with Gasteiger partial charge in [0, 0.05) is 42.1 Å². The third kappa shape index (κ3) is 3.75. The fourth-order valence-corrected chi connectivity index (χ4v) is 5.50. The average Bonchev–Trinajstić information content (AvgIpc) is 3.35. The number of nitrogens with zero attached hydrogens (tertiary/aromatic N) is 2. The van der Waals surface area contributed by atoms with Gasteiger partial charge in [-0.3, -0.25) is 9.59 Å². The minimum Gasteiger partial charge on any atom is -0.364 e. The highest BCUT2D eigenvalue weighted by Crippen LogP contribution is 2.31. The number of hydrogen-bond acceptors (Lipinski definition) is 6. The quantitative estimate of drug-likeness (QED) is 0.833. The number of carbonyl (C=O) groups excluding carboxylic acids is 2. The maximum Gasteiger partial charge on any atom is 0.264 e. The molecule has 142 valence electrons. The molecule has 0 aliphatic carbocycles. The van der Waals surface area contributed by atoms with Crippen molar-refractivity contribution in [1.82, 2.24) is 9.80 Å². The summed E-state index contributed by atoms with van der Waals surface area (Å²) in [4.78, 5) is 29.7. The zero-order valence-corrected chi connectivity index (χ0v) is 16.7. The Balaban J connectivity index is 0.00000196. The van der Waals surface area contributed by atoms with Crippen LogP contribution in [0.1, 0.15) is 22.5 Å². The first kappa shape index (κ1) is 19.6. The number of thiophene rings is 2. The van der Waals surface area contributed by atoms with Gasteiger partial charge in [-0.05, 0) is 30.4 Å². The van der Waals surface area contributed by atoms with E-state index in [1.54, 1.807) is 22.7 Å². The molecule has 2 N–H and O–H groups in total. The number of carbonyl (C=O) groups is 2. The molecule has 4 rings (SSSR count). The first-order chi connectivity index (χ1) is 12.2. The van der Waals surface area contributed by atoms with E-state index in [1.165, 1.54) is 0 Å². The van der Waals surface area contributed by atoms with Crippen LogP contribution in [0.25, 0.3) is 9.40 Å². The predicted molar refractivity (Wildman–Crippen MR) is 106 cm³/mol. The van der Waals surface area contributed by atoms with E-state index in [1.807, 2.05) is 27.3 Å². The Hall–Kier alpha value is -1.19. The molecule has 0 unspecified atom stereocenters. The Morgan fingerprint density at radius 3 is 2.54 bits per heavy atom. The van der Waals surface area contributed by atoms with Gasteiger partial charge in [0.05, 0.1) is 11.0 Å². The Labute approximate surface area is 166 Å². The third-order valence-corrected chi connectivity index (χ3v) is 6.96. The van der Waals surface area contributed by atoms with Crippen molar-refractivity contribution < 1.29 is 14.3 Å². The zero-order valence-electron chi connectivity index (χ0n) is 14.3. The van der Waals surface area contributed by atoms with Crippen LogP contribution in [0.2, 0.25) is 0 Å². The fraction of sp³-hybridized carbons (Fsp3) is 0.529. The van der Waals surface area contributed by atoms with Gasteiger partial charge in [0.1, 0.15) is 6.10 Å². The third-order valence-electron chi connectivity index (χ3n) is 4.87. The van der Waals surface area contributed by atoms with Crippen LogP contribution in [0.4, 0.5) is 0 Å².